The van der Waals surface area contributed by atoms with Gasteiger partial charge in [-0.15, -0.1) is 0 Å². The highest BCUT2D eigenvalue weighted by molar-refractivity contribution is 5.94. The number of nitro benzene ring substituents is 1. The van der Waals surface area contributed by atoms with Gasteiger partial charge in [0.1, 0.15) is 0 Å². The Bertz CT molecular complexity index is 566. The maximum atomic E-state index is 13.6. The molecule has 1 aliphatic heterocycles. The molecule has 1 saturated heterocycles. The van der Waals surface area contributed by atoms with Gasteiger partial charge in [-0.25, -0.2) is 0 Å². The topological polar surface area (TPSA) is 63.5 Å². The van der Waals surface area contributed by atoms with Gasteiger partial charge in [0.05, 0.1) is 4.92 Å². The minimum absolute atomic E-state index is 0.165. The summed E-state index contributed by atoms with van der Waals surface area (Å²) in [6.07, 6.45) is 2.91. The highest BCUT2D eigenvalue weighted by Crippen LogP contribution is 2.34. The molecule has 0 radical (unpaired) electrons. The lowest BCUT2D eigenvalue weighted by molar-refractivity contribution is -0.387. The van der Waals surface area contributed by atoms with E-state index >= 15 is 0 Å². The Labute approximate surface area is 122 Å². The van der Waals surface area contributed by atoms with Crippen molar-refractivity contribution in [1.82, 2.24) is 4.90 Å². The van der Waals surface area contributed by atoms with Crippen molar-refractivity contribution in [2.75, 3.05) is 13.1 Å². The molecule has 0 saturated carbocycles. The van der Waals surface area contributed by atoms with Crippen molar-refractivity contribution < 1.29 is 14.1 Å². The maximum Gasteiger partial charge on any atom is 0.304 e. The summed E-state index contributed by atoms with van der Waals surface area (Å²) in [7, 11) is 0. The van der Waals surface area contributed by atoms with E-state index in [9.17, 15) is 19.3 Å². The molecule has 1 aromatic rings. The molecular formula is C15H19FN2O3. The number of amides is 1. The Morgan fingerprint density at radius 1 is 1.43 bits per heavy atom. The summed E-state index contributed by atoms with van der Waals surface area (Å²) in [5.74, 6) is -1.23. The highest BCUT2D eigenvalue weighted by Gasteiger charge is 2.31. The van der Waals surface area contributed by atoms with Crippen molar-refractivity contribution in [2.24, 2.45) is 5.41 Å². The summed E-state index contributed by atoms with van der Waals surface area (Å²) in [6.45, 7) is 5.63. The first-order valence-electron chi connectivity index (χ1n) is 7.09. The number of nitrogens with zero attached hydrogens (tertiary/aromatic N) is 2. The van der Waals surface area contributed by atoms with Crippen LogP contribution in [0.25, 0.3) is 0 Å². The van der Waals surface area contributed by atoms with E-state index in [-0.39, 0.29) is 16.9 Å². The molecule has 2 rings (SSSR count). The number of benzene rings is 1. The zero-order valence-electron chi connectivity index (χ0n) is 12.3. The number of carbonyl (C=O) groups excluding carboxylic acids is 1. The van der Waals surface area contributed by atoms with Gasteiger partial charge in [0.25, 0.3) is 5.91 Å². The van der Waals surface area contributed by atoms with Crippen LogP contribution in [0.1, 0.15) is 43.5 Å². The lowest BCUT2D eigenvalue weighted by atomic mass is 9.78. The standard InChI is InChI=1S/C15H19FN2O3/c1-3-15(2)6-8-17(9-7-15)14(19)11-4-5-13(18(20)21)12(16)10-11/h4-5,10H,3,6-9H2,1-2H3. The molecule has 21 heavy (non-hydrogen) atoms. The number of nitro groups is 1. The van der Waals surface area contributed by atoms with Crippen LogP contribution in [0.2, 0.25) is 0 Å². The van der Waals surface area contributed by atoms with Gasteiger partial charge in [-0.2, -0.15) is 4.39 Å². The lowest BCUT2D eigenvalue weighted by Gasteiger charge is -2.38. The predicted octanol–water partition coefficient (Wildman–Crippen LogP) is 3.39. The number of carbonyl (C=O) groups is 1. The Balaban J connectivity index is 2.11. The molecule has 5 nitrogen and oxygen atoms in total. The Hall–Kier alpha value is -1.98. The van der Waals surface area contributed by atoms with Gasteiger partial charge in [-0.1, -0.05) is 20.3 Å². The van der Waals surface area contributed by atoms with E-state index < -0.39 is 16.4 Å². The van der Waals surface area contributed by atoms with Crippen molar-refractivity contribution in [3.05, 3.63) is 39.7 Å². The summed E-state index contributed by atoms with van der Waals surface area (Å²) >= 11 is 0. The van der Waals surface area contributed by atoms with Crippen molar-refractivity contribution in [3.8, 4) is 0 Å². The largest absolute Gasteiger partial charge is 0.339 e. The van der Waals surface area contributed by atoms with E-state index in [0.717, 1.165) is 31.4 Å². The summed E-state index contributed by atoms with van der Waals surface area (Å²) in [5, 5.41) is 10.6. The first-order chi connectivity index (χ1) is 9.86. The molecule has 1 amide bonds. The van der Waals surface area contributed by atoms with Crippen LogP contribution in [0.4, 0.5) is 10.1 Å². The van der Waals surface area contributed by atoms with Crippen LogP contribution in [0.15, 0.2) is 18.2 Å². The van der Waals surface area contributed by atoms with E-state index in [2.05, 4.69) is 13.8 Å². The number of halogens is 1. The normalized spacial score (nSPS) is 17.6. The highest BCUT2D eigenvalue weighted by atomic mass is 19.1. The van der Waals surface area contributed by atoms with Crippen molar-refractivity contribution in [3.63, 3.8) is 0 Å². The van der Waals surface area contributed by atoms with Crippen molar-refractivity contribution in [2.45, 2.75) is 33.1 Å². The lowest BCUT2D eigenvalue weighted by Crippen LogP contribution is -2.41. The van der Waals surface area contributed by atoms with Crippen LogP contribution >= 0.6 is 0 Å². The SMILES string of the molecule is CCC1(C)CCN(C(=O)c2ccc([N+](=O)[O-])c(F)c2)CC1. The first-order valence-corrected chi connectivity index (χ1v) is 7.09. The van der Waals surface area contributed by atoms with Crippen LogP contribution in [0.5, 0.6) is 0 Å². The first kappa shape index (κ1) is 15.4. The molecule has 0 spiro atoms. The van der Waals surface area contributed by atoms with E-state index in [0.29, 0.717) is 13.1 Å². The van der Waals surface area contributed by atoms with Gasteiger partial charge in [-0.3, -0.25) is 14.9 Å². The van der Waals surface area contributed by atoms with Crippen molar-refractivity contribution >= 4 is 11.6 Å². The summed E-state index contributed by atoms with van der Waals surface area (Å²) < 4.78 is 13.6. The van der Waals surface area contributed by atoms with Gasteiger partial charge >= 0.3 is 5.69 Å². The predicted molar refractivity (Wildman–Crippen MR) is 76.6 cm³/mol. The van der Waals surface area contributed by atoms with Crippen LogP contribution in [0.3, 0.4) is 0 Å². The van der Waals surface area contributed by atoms with E-state index in [1.165, 1.54) is 6.07 Å². The number of rotatable bonds is 3. The summed E-state index contributed by atoms with van der Waals surface area (Å²) in [5.41, 5.74) is -0.181. The quantitative estimate of drug-likeness (QED) is 0.634. The fourth-order valence-corrected chi connectivity index (χ4v) is 2.57. The molecule has 0 aromatic heterocycles. The van der Waals surface area contributed by atoms with Crippen LogP contribution in [0, 0.1) is 21.3 Å². The third-order valence-electron chi connectivity index (χ3n) is 4.50. The molecule has 1 aromatic carbocycles. The number of piperidine rings is 1. The Morgan fingerprint density at radius 2 is 2.05 bits per heavy atom. The molecule has 1 heterocycles. The van der Waals surface area contributed by atoms with Crippen LogP contribution in [-0.4, -0.2) is 28.8 Å². The monoisotopic (exact) mass is 294 g/mol. The van der Waals surface area contributed by atoms with Gasteiger partial charge < -0.3 is 4.90 Å². The Morgan fingerprint density at radius 3 is 2.52 bits per heavy atom. The molecule has 6 heteroatoms. The third-order valence-corrected chi connectivity index (χ3v) is 4.50. The number of likely N-dealkylation sites (tertiary alicyclic amines) is 1. The molecule has 0 atom stereocenters. The fraction of sp³-hybridized carbons (Fsp3) is 0.533. The molecule has 0 unspecified atom stereocenters. The second-order valence-electron chi connectivity index (χ2n) is 5.88. The van der Waals surface area contributed by atoms with Gasteiger partial charge in [-0.05, 0) is 30.4 Å². The van der Waals surface area contributed by atoms with E-state index in [1.807, 2.05) is 0 Å². The zero-order chi connectivity index (χ0) is 15.6. The summed E-state index contributed by atoms with van der Waals surface area (Å²) in [6, 6.07) is 3.31. The average Bonchev–Trinajstić information content (AvgIpc) is 2.47. The van der Waals surface area contributed by atoms with Gasteiger partial charge in [0.2, 0.25) is 5.82 Å². The molecule has 1 aliphatic rings. The Kier molecular flexibility index (Phi) is 4.25. The molecule has 1 fully saturated rings. The zero-order valence-corrected chi connectivity index (χ0v) is 12.3. The molecule has 0 aliphatic carbocycles. The van der Waals surface area contributed by atoms with Crippen molar-refractivity contribution in [1.29, 1.82) is 0 Å². The second kappa shape index (κ2) is 5.79. The maximum absolute atomic E-state index is 13.6. The fourth-order valence-electron chi connectivity index (χ4n) is 2.57. The van der Waals surface area contributed by atoms with Crippen LogP contribution in [-0.2, 0) is 0 Å². The average molecular weight is 294 g/mol. The van der Waals surface area contributed by atoms with Gasteiger partial charge in [0, 0.05) is 24.7 Å². The smallest absolute Gasteiger partial charge is 0.304 e. The van der Waals surface area contributed by atoms with E-state index in [4.69, 9.17) is 0 Å². The molecule has 0 bridgehead atoms. The third kappa shape index (κ3) is 3.20. The molecule has 114 valence electrons. The number of hydrogen-bond acceptors (Lipinski definition) is 3. The second-order valence-corrected chi connectivity index (χ2v) is 5.88. The van der Waals surface area contributed by atoms with Crippen LogP contribution < -0.4 is 0 Å². The minimum atomic E-state index is -0.971. The number of hydrogen-bond donors (Lipinski definition) is 0. The molecule has 0 N–H and O–H groups in total. The van der Waals surface area contributed by atoms with E-state index in [1.54, 1.807) is 4.90 Å². The summed E-state index contributed by atoms with van der Waals surface area (Å²) in [4.78, 5) is 23.8. The van der Waals surface area contributed by atoms with Gasteiger partial charge in [0.15, 0.2) is 0 Å². The molecular weight excluding hydrogens is 275 g/mol. The minimum Gasteiger partial charge on any atom is -0.339 e.